The SMILES string of the molecule is CCNC(C)(C)C(=O)NCC(C)(C)C(=O)NC. The molecule has 0 rings (SSSR count). The minimum absolute atomic E-state index is 0.0842. The van der Waals surface area contributed by atoms with Gasteiger partial charge < -0.3 is 16.0 Å². The smallest absolute Gasteiger partial charge is 0.239 e. The highest BCUT2D eigenvalue weighted by Crippen LogP contribution is 2.13. The molecule has 5 heteroatoms. The van der Waals surface area contributed by atoms with Gasteiger partial charge in [-0.25, -0.2) is 0 Å². The first-order chi connectivity index (χ1) is 7.67. The van der Waals surface area contributed by atoms with Gasteiger partial charge in [0.05, 0.1) is 11.0 Å². The van der Waals surface area contributed by atoms with Gasteiger partial charge in [-0.1, -0.05) is 6.92 Å². The fourth-order valence-electron chi connectivity index (χ4n) is 1.46. The van der Waals surface area contributed by atoms with Crippen LogP contribution in [-0.4, -0.2) is 37.5 Å². The molecule has 17 heavy (non-hydrogen) atoms. The van der Waals surface area contributed by atoms with Crippen LogP contribution in [0.1, 0.15) is 34.6 Å². The van der Waals surface area contributed by atoms with E-state index in [1.165, 1.54) is 0 Å². The number of nitrogens with one attached hydrogen (secondary N) is 3. The van der Waals surface area contributed by atoms with Crippen LogP contribution in [0.15, 0.2) is 0 Å². The normalized spacial score (nSPS) is 12.1. The summed E-state index contributed by atoms with van der Waals surface area (Å²) in [5.74, 6) is -0.185. The van der Waals surface area contributed by atoms with Crippen LogP contribution in [0.3, 0.4) is 0 Å². The Morgan fingerprint density at radius 1 is 1.06 bits per heavy atom. The summed E-state index contributed by atoms with van der Waals surface area (Å²) in [6, 6.07) is 0. The minimum Gasteiger partial charge on any atom is -0.359 e. The summed E-state index contributed by atoms with van der Waals surface area (Å²) in [6.07, 6.45) is 0. The number of amides is 2. The van der Waals surface area contributed by atoms with Crippen molar-refractivity contribution in [2.45, 2.75) is 40.2 Å². The lowest BCUT2D eigenvalue weighted by atomic mass is 9.91. The number of carbonyl (C=O) groups is 2. The average molecular weight is 243 g/mol. The molecule has 100 valence electrons. The predicted octanol–water partition coefficient (Wildman–Crippen LogP) is 0.263. The van der Waals surface area contributed by atoms with E-state index in [0.29, 0.717) is 6.54 Å². The van der Waals surface area contributed by atoms with Gasteiger partial charge in [0, 0.05) is 13.6 Å². The Morgan fingerprint density at radius 3 is 2.00 bits per heavy atom. The lowest BCUT2D eigenvalue weighted by Gasteiger charge is -2.28. The molecular weight excluding hydrogens is 218 g/mol. The predicted molar refractivity (Wildman–Crippen MR) is 68.6 cm³/mol. The van der Waals surface area contributed by atoms with E-state index >= 15 is 0 Å². The highest BCUT2D eigenvalue weighted by atomic mass is 16.2. The standard InChI is InChI=1S/C12H25N3O2/c1-7-15-12(4,5)10(17)14-8-11(2,3)9(16)13-6/h15H,7-8H2,1-6H3,(H,13,16)(H,14,17). The largest absolute Gasteiger partial charge is 0.359 e. The highest BCUT2D eigenvalue weighted by Gasteiger charge is 2.31. The third-order valence-corrected chi connectivity index (χ3v) is 2.72. The molecule has 0 aromatic heterocycles. The Hall–Kier alpha value is -1.10. The molecule has 0 bridgehead atoms. The van der Waals surface area contributed by atoms with Crippen molar-refractivity contribution in [2.75, 3.05) is 20.1 Å². The first-order valence-electron chi connectivity index (χ1n) is 5.93. The van der Waals surface area contributed by atoms with Gasteiger partial charge in [-0.2, -0.15) is 0 Å². The lowest BCUT2D eigenvalue weighted by Crippen LogP contribution is -2.55. The van der Waals surface area contributed by atoms with Crippen LogP contribution in [0.2, 0.25) is 0 Å². The van der Waals surface area contributed by atoms with E-state index in [2.05, 4.69) is 16.0 Å². The Kier molecular flexibility index (Phi) is 5.61. The summed E-state index contributed by atoms with van der Waals surface area (Å²) in [7, 11) is 1.59. The monoisotopic (exact) mass is 243 g/mol. The van der Waals surface area contributed by atoms with Crippen LogP contribution in [0.4, 0.5) is 0 Å². The summed E-state index contributed by atoms with van der Waals surface area (Å²) in [5, 5.41) is 8.48. The second kappa shape index (κ2) is 6.00. The molecule has 0 aromatic carbocycles. The second-order valence-corrected chi connectivity index (χ2v) is 5.30. The Balaban J connectivity index is 4.38. The van der Waals surface area contributed by atoms with Gasteiger partial charge >= 0.3 is 0 Å². The van der Waals surface area contributed by atoms with Gasteiger partial charge in [0.1, 0.15) is 0 Å². The minimum atomic E-state index is -0.618. The zero-order chi connectivity index (χ0) is 13.7. The molecule has 0 heterocycles. The van der Waals surface area contributed by atoms with Gasteiger partial charge in [-0.05, 0) is 34.2 Å². The molecule has 3 N–H and O–H groups in total. The van der Waals surface area contributed by atoms with E-state index in [4.69, 9.17) is 0 Å². The number of hydrogen-bond donors (Lipinski definition) is 3. The maximum Gasteiger partial charge on any atom is 0.239 e. The van der Waals surface area contributed by atoms with Gasteiger partial charge in [-0.3, -0.25) is 9.59 Å². The molecule has 0 fully saturated rings. The third kappa shape index (κ3) is 4.73. The lowest BCUT2D eigenvalue weighted by molar-refractivity contribution is -0.130. The van der Waals surface area contributed by atoms with Crippen molar-refractivity contribution in [2.24, 2.45) is 5.41 Å². The van der Waals surface area contributed by atoms with Crippen LogP contribution < -0.4 is 16.0 Å². The van der Waals surface area contributed by atoms with E-state index in [1.807, 2.05) is 20.8 Å². The number of hydrogen-bond acceptors (Lipinski definition) is 3. The fraction of sp³-hybridized carbons (Fsp3) is 0.833. The summed E-state index contributed by atoms with van der Waals surface area (Å²) < 4.78 is 0. The Morgan fingerprint density at radius 2 is 1.59 bits per heavy atom. The van der Waals surface area contributed by atoms with Crippen LogP contribution >= 0.6 is 0 Å². The van der Waals surface area contributed by atoms with E-state index in [1.54, 1.807) is 20.9 Å². The van der Waals surface area contributed by atoms with Crippen molar-refractivity contribution in [3.05, 3.63) is 0 Å². The fourth-order valence-corrected chi connectivity index (χ4v) is 1.46. The third-order valence-electron chi connectivity index (χ3n) is 2.72. The van der Waals surface area contributed by atoms with Gasteiger partial charge in [0.15, 0.2) is 0 Å². The zero-order valence-corrected chi connectivity index (χ0v) is 11.7. The van der Waals surface area contributed by atoms with E-state index < -0.39 is 11.0 Å². The van der Waals surface area contributed by atoms with Crippen molar-refractivity contribution in [1.29, 1.82) is 0 Å². The highest BCUT2D eigenvalue weighted by molar-refractivity contribution is 5.87. The quantitative estimate of drug-likeness (QED) is 0.627. The molecule has 0 atom stereocenters. The van der Waals surface area contributed by atoms with E-state index in [0.717, 1.165) is 6.54 Å². The number of rotatable bonds is 6. The van der Waals surface area contributed by atoms with Crippen LogP contribution in [0.5, 0.6) is 0 Å². The van der Waals surface area contributed by atoms with E-state index in [-0.39, 0.29) is 11.8 Å². The molecule has 0 aliphatic rings. The van der Waals surface area contributed by atoms with Gasteiger partial charge in [-0.15, -0.1) is 0 Å². The molecule has 0 spiro atoms. The number of likely N-dealkylation sites (N-methyl/N-ethyl adjacent to an activating group) is 1. The Labute approximate surface area is 104 Å². The molecule has 2 amide bonds. The van der Waals surface area contributed by atoms with E-state index in [9.17, 15) is 9.59 Å². The van der Waals surface area contributed by atoms with Crippen molar-refractivity contribution < 1.29 is 9.59 Å². The average Bonchev–Trinajstić information content (AvgIpc) is 2.24. The summed E-state index contributed by atoms with van der Waals surface area (Å²) in [6.45, 7) is 10.2. The van der Waals surface area contributed by atoms with Crippen molar-refractivity contribution in [3.63, 3.8) is 0 Å². The summed E-state index contributed by atoms with van der Waals surface area (Å²) in [5.41, 5.74) is -1.22. The van der Waals surface area contributed by atoms with Gasteiger partial charge in [0.25, 0.3) is 0 Å². The first kappa shape index (κ1) is 15.9. The molecule has 0 aliphatic carbocycles. The molecule has 0 aliphatic heterocycles. The van der Waals surface area contributed by atoms with Crippen LogP contribution in [0, 0.1) is 5.41 Å². The van der Waals surface area contributed by atoms with Gasteiger partial charge in [0.2, 0.25) is 11.8 Å². The number of carbonyl (C=O) groups excluding carboxylic acids is 2. The molecule has 0 radical (unpaired) electrons. The zero-order valence-electron chi connectivity index (χ0n) is 11.7. The molecule has 0 saturated heterocycles. The molecule has 0 aromatic rings. The summed E-state index contributed by atoms with van der Waals surface area (Å²) >= 11 is 0. The molecule has 0 unspecified atom stereocenters. The molecular formula is C12H25N3O2. The van der Waals surface area contributed by atoms with Crippen molar-refractivity contribution in [3.8, 4) is 0 Å². The Bertz CT molecular complexity index is 285. The van der Waals surface area contributed by atoms with Crippen LogP contribution in [-0.2, 0) is 9.59 Å². The maximum atomic E-state index is 11.9. The second-order valence-electron chi connectivity index (χ2n) is 5.30. The first-order valence-corrected chi connectivity index (χ1v) is 5.93. The van der Waals surface area contributed by atoms with Crippen LogP contribution in [0.25, 0.3) is 0 Å². The molecule has 5 nitrogen and oxygen atoms in total. The summed E-state index contributed by atoms with van der Waals surface area (Å²) in [4.78, 5) is 23.5. The van der Waals surface area contributed by atoms with Crippen molar-refractivity contribution >= 4 is 11.8 Å². The van der Waals surface area contributed by atoms with Crippen molar-refractivity contribution in [1.82, 2.24) is 16.0 Å². The maximum absolute atomic E-state index is 11.9. The topological polar surface area (TPSA) is 70.2 Å². The molecule has 0 saturated carbocycles.